The first-order valence-corrected chi connectivity index (χ1v) is 10.6. The van der Waals surface area contributed by atoms with Crippen molar-refractivity contribution in [3.05, 3.63) is 63.1 Å². The molecule has 2 rings (SSSR count). The zero-order valence-corrected chi connectivity index (χ0v) is 19.4. The second kappa shape index (κ2) is 10.6. The monoisotopic (exact) mass is 480 g/mol. The highest BCUT2D eigenvalue weighted by atomic mass is 79.9. The summed E-state index contributed by atoms with van der Waals surface area (Å²) < 4.78 is 6.45. The molecule has 1 N–H and O–H groups in total. The standard InChI is InChI=1S/C22H26BrClN2O3/c1-14(2)25-22(28)16(4)26(12-17-7-5-15(3)6-8-17)21(27)13-29-20-10-9-18(23)11-19(20)24/h5-11,14,16H,12-13H2,1-4H3,(H,25,28). The summed E-state index contributed by atoms with van der Waals surface area (Å²) in [6.45, 7) is 7.58. The molecule has 0 fully saturated rings. The van der Waals surface area contributed by atoms with Crippen molar-refractivity contribution in [2.75, 3.05) is 6.61 Å². The van der Waals surface area contributed by atoms with Crippen LogP contribution in [0.15, 0.2) is 46.9 Å². The Morgan fingerprint density at radius 2 is 1.79 bits per heavy atom. The van der Waals surface area contributed by atoms with Crippen molar-refractivity contribution in [3.8, 4) is 5.75 Å². The second-order valence-corrected chi connectivity index (χ2v) is 8.53. The van der Waals surface area contributed by atoms with E-state index in [0.29, 0.717) is 17.3 Å². The normalized spacial score (nSPS) is 11.8. The lowest BCUT2D eigenvalue weighted by Gasteiger charge is -2.29. The lowest BCUT2D eigenvalue weighted by molar-refractivity contribution is -0.142. The Bertz CT molecular complexity index is 856. The Morgan fingerprint density at radius 1 is 1.14 bits per heavy atom. The number of nitrogens with one attached hydrogen (secondary N) is 1. The van der Waals surface area contributed by atoms with Crippen LogP contribution in [0.2, 0.25) is 5.02 Å². The maximum Gasteiger partial charge on any atom is 0.261 e. The van der Waals surface area contributed by atoms with Gasteiger partial charge in [0, 0.05) is 17.1 Å². The molecule has 2 aromatic carbocycles. The predicted molar refractivity (Wildman–Crippen MR) is 119 cm³/mol. The molecule has 0 heterocycles. The van der Waals surface area contributed by atoms with E-state index in [4.69, 9.17) is 16.3 Å². The molecule has 0 bridgehead atoms. The molecule has 0 spiro atoms. The fourth-order valence-corrected chi connectivity index (χ4v) is 3.42. The van der Waals surface area contributed by atoms with Crippen molar-refractivity contribution < 1.29 is 14.3 Å². The molecule has 0 aliphatic carbocycles. The van der Waals surface area contributed by atoms with Gasteiger partial charge in [-0.2, -0.15) is 0 Å². The topological polar surface area (TPSA) is 58.6 Å². The van der Waals surface area contributed by atoms with Gasteiger partial charge in [0.2, 0.25) is 5.91 Å². The van der Waals surface area contributed by atoms with Gasteiger partial charge < -0.3 is 15.0 Å². The Hall–Kier alpha value is -2.05. The molecule has 1 unspecified atom stereocenters. The lowest BCUT2D eigenvalue weighted by Crippen LogP contribution is -2.50. The lowest BCUT2D eigenvalue weighted by atomic mass is 10.1. The fraction of sp³-hybridized carbons (Fsp3) is 0.364. The van der Waals surface area contributed by atoms with Crippen LogP contribution in [0.1, 0.15) is 31.9 Å². The molecular formula is C22H26BrClN2O3. The smallest absolute Gasteiger partial charge is 0.261 e. The van der Waals surface area contributed by atoms with Crippen LogP contribution in [-0.2, 0) is 16.1 Å². The number of hydrogen-bond acceptors (Lipinski definition) is 3. The number of hydrogen-bond donors (Lipinski definition) is 1. The summed E-state index contributed by atoms with van der Waals surface area (Å²) in [4.78, 5) is 27.0. The zero-order chi connectivity index (χ0) is 21.6. The average Bonchev–Trinajstić information content (AvgIpc) is 2.65. The third-order valence-corrected chi connectivity index (χ3v) is 5.11. The van der Waals surface area contributed by atoms with Crippen LogP contribution < -0.4 is 10.1 Å². The van der Waals surface area contributed by atoms with Gasteiger partial charge in [0.15, 0.2) is 6.61 Å². The van der Waals surface area contributed by atoms with Crippen molar-refractivity contribution in [1.29, 1.82) is 0 Å². The molecule has 2 amide bonds. The highest BCUT2D eigenvalue weighted by molar-refractivity contribution is 9.10. The first-order chi connectivity index (χ1) is 13.7. The van der Waals surface area contributed by atoms with Crippen LogP contribution in [0.25, 0.3) is 0 Å². The van der Waals surface area contributed by atoms with Crippen LogP contribution in [-0.4, -0.2) is 35.4 Å². The molecule has 2 aromatic rings. The average molecular weight is 482 g/mol. The van der Waals surface area contributed by atoms with Gasteiger partial charge in [-0.25, -0.2) is 0 Å². The maximum atomic E-state index is 13.0. The van der Waals surface area contributed by atoms with E-state index in [-0.39, 0.29) is 24.5 Å². The number of aryl methyl sites for hydroxylation is 1. The van der Waals surface area contributed by atoms with E-state index in [1.54, 1.807) is 25.1 Å². The van der Waals surface area contributed by atoms with Gasteiger partial charge in [-0.05, 0) is 51.5 Å². The first kappa shape index (κ1) is 23.2. The number of amides is 2. The minimum Gasteiger partial charge on any atom is -0.482 e. The minimum atomic E-state index is -0.643. The third kappa shape index (κ3) is 7.05. The van der Waals surface area contributed by atoms with E-state index in [9.17, 15) is 9.59 Å². The van der Waals surface area contributed by atoms with E-state index in [0.717, 1.165) is 15.6 Å². The second-order valence-electron chi connectivity index (χ2n) is 7.21. The van der Waals surface area contributed by atoms with Crippen LogP contribution in [0.4, 0.5) is 0 Å². The molecule has 0 saturated carbocycles. The van der Waals surface area contributed by atoms with Crippen molar-refractivity contribution in [1.82, 2.24) is 10.2 Å². The number of halogens is 2. The Balaban J connectivity index is 2.16. The van der Waals surface area contributed by atoms with Gasteiger partial charge in [-0.1, -0.05) is 57.4 Å². The van der Waals surface area contributed by atoms with Crippen LogP contribution in [0.3, 0.4) is 0 Å². The zero-order valence-electron chi connectivity index (χ0n) is 17.0. The highest BCUT2D eigenvalue weighted by Crippen LogP contribution is 2.27. The first-order valence-electron chi connectivity index (χ1n) is 9.40. The van der Waals surface area contributed by atoms with Gasteiger partial charge in [0.25, 0.3) is 5.91 Å². The molecule has 1 atom stereocenters. The number of benzene rings is 2. The third-order valence-electron chi connectivity index (χ3n) is 4.32. The Kier molecular flexibility index (Phi) is 8.53. The van der Waals surface area contributed by atoms with Gasteiger partial charge in [-0.15, -0.1) is 0 Å². The summed E-state index contributed by atoms with van der Waals surface area (Å²) >= 11 is 9.50. The SMILES string of the molecule is Cc1ccc(CN(C(=O)COc2ccc(Br)cc2Cl)C(C)C(=O)NC(C)C)cc1. The van der Waals surface area contributed by atoms with Crippen molar-refractivity contribution in [2.45, 2.75) is 46.3 Å². The molecule has 29 heavy (non-hydrogen) atoms. The minimum absolute atomic E-state index is 0.0147. The molecule has 156 valence electrons. The number of nitrogens with zero attached hydrogens (tertiary/aromatic N) is 1. The van der Waals surface area contributed by atoms with Gasteiger partial charge in [-0.3, -0.25) is 9.59 Å². The molecular weight excluding hydrogens is 456 g/mol. The number of carbonyl (C=O) groups excluding carboxylic acids is 2. The van der Waals surface area contributed by atoms with E-state index < -0.39 is 6.04 Å². The number of ether oxygens (including phenoxy) is 1. The van der Waals surface area contributed by atoms with Gasteiger partial charge in [0.05, 0.1) is 5.02 Å². The number of carbonyl (C=O) groups is 2. The van der Waals surface area contributed by atoms with Crippen molar-refractivity contribution in [2.24, 2.45) is 0 Å². The van der Waals surface area contributed by atoms with E-state index in [1.165, 1.54) is 4.90 Å². The summed E-state index contributed by atoms with van der Waals surface area (Å²) in [5, 5.41) is 3.27. The molecule has 0 saturated heterocycles. The van der Waals surface area contributed by atoms with Crippen LogP contribution >= 0.6 is 27.5 Å². The molecule has 7 heteroatoms. The van der Waals surface area contributed by atoms with Crippen LogP contribution in [0, 0.1) is 6.92 Å². The summed E-state index contributed by atoms with van der Waals surface area (Å²) in [7, 11) is 0. The molecule has 5 nitrogen and oxygen atoms in total. The summed E-state index contributed by atoms with van der Waals surface area (Å²) in [6, 6.07) is 12.4. The summed E-state index contributed by atoms with van der Waals surface area (Å²) in [6.07, 6.45) is 0. The van der Waals surface area contributed by atoms with Crippen molar-refractivity contribution >= 4 is 39.3 Å². The van der Waals surface area contributed by atoms with Gasteiger partial charge in [0.1, 0.15) is 11.8 Å². The Morgan fingerprint density at radius 3 is 2.38 bits per heavy atom. The Labute approximate surface area is 185 Å². The van der Waals surface area contributed by atoms with Crippen molar-refractivity contribution in [3.63, 3.8) is 0 Å². The molecule has 0 aliphatic heterocycles. The summed E-state index contributed by atoms with van der Waals surface area (Å²) in [5.74, 6) is -0.0871. The highest BCUT2D eigenvalue weighted by Gasteiger charge is 2.27. The van der Waals surface area contributed by atoms with Gasteiger partial charge >= 0.3 is 0 Å². The number of rotatable bonds is 8. The quantitative estimate of drug-likeness (QED) is 0.593. The largest absolute Gasteiger partial charge is 0.482 e. The van der Waals surface area contributed by atoms with E-state index >= 15 is 0 Å². The maximum absolute atomic E-state index is 13.0. The molecule has 0 aliphatic rings. The van der Waals surface area contributed by atoms with E-state index in [2.05, 4.69) is 21.2 Å². The summed E-state index contributed by atoms with van der Waals surface area (Å²) in [5.41, 5.74) is 2.07. The molecule has 0 aromatic heterocycles. The van der Waals surface area contributed by atoms with Crippen LogP contribution in [0.5, 0.6) is 5.75 Å². The predicted octanol–water partition coefficient (Wildman–Crippen LogP) is 4.73. The molecule has 0 radical (unpaired) electrons. The fourth-order valence-electron chi connectivity index (χ4n) is 2.69. The van der Waals surface area contributed by atoms with E-state index in [1.807, 2.05) is 45.0 Å².